The number of nitrogens with one attached hydrogen (secondary N) is 2. The normalized spacial score (nSPS) is 13.7. The average molecular weight is 671 g/mol. The van der Waals surface area contributed by atoms with Crippen LogP contribution in [-0.4, -0.2) is 86.6 Å². The van der Waals surface area contributed by atoms with Crippen molar-refractivity contribution in [2.24, 2.45) is 7.05 Å². The number of hydrogen-bond donors (Lipinski definition) is 2. The molecule has 0 saturated carbocycles. The Balaban J connectivity index is 1.43. The Bertz CT molecular complexity index is 1860. The topological polar surface area (TPSA) is 146 Å². The van der Waals surface area contributed by atoms with Gasteiger partial charge in [-0.1, -0.05) is 29.8 Å². The molecule has 2 aromatic carbocycles. The first-order valence-corrected chi connectivity index (χ1v) is 16.6. The van der Waals surface area contributed by atoms with Gasteiger partial charge in [0.05, 0.1) is 61.5 Å². The maximum atomic E-state index is 12.9. The molecule has 1 fully saturated rings. The number of ether oxygens (including phenoxy) is 3. The standard InChI is InChI=1S/C31H35ClN6O7S/c1-20(45-46(4,40)41)30(39)34-25-16-24(27(42-3)17-28(25)44-13-7-10-38-11-14-43-15-12-38)35-31-33-18-23(32)29(36-31)22-19-37(2)26-9-6-5-8-21(22)26/h5-6,8-9,16-19H,1,7,10-15H2,2-4H3,(H,34,39)(H,33,35,36). The first-order valence-electron chi connectivity index (χ1n) is 14.4. The molecule has 0 spiro atoms. The summed E-state index contributed by atoms with van der Waals surface area (Å²) in [5, 5.41) is 7.12. The highest BCUT2D eigenvalue weighted by Gasteiger charge is 2.21. The van der Waals surface area contributed by atoms with Crippen molar-refractivity contribution in [2.75, 3.05) is 63.5 Å². The minimum absolute atomic E-state index is 0.209. The van der Waals surface area contributed by atoms with Gasteiger partial charge < -0.3 is 33.6 Å². The average Bonchev–Trinajstić information content (AvgIpc) is 3.36. The first kappa shape index (κ1) is 33.0. The Kier molecular flexibility index (Phi) is 10.3. The van der Waals surface area contributed by atoms with E-state index in [1.807, 2.05) is 42.1 Å². The number of methoxy groups -OCH3 is 1. The molecule has 1 amide bonds. The summed E-state index contributed by atoms with van der Waals surface area (Å²) < 4.78 is 47.0. The van der Waals surface area contributed by atoms with Crippen LogP contribution in [-0.2, 0) is 30.9 Å². The summed E-state index contributed by atoms with van der Waals surface area (Å²) in [4.78, 5) is 24.2. The Labute approximate surface area is 272 Å². The van der Waals surface area contributed by atoms with Gasteiger partial charge in [-0.05, 0) is 25.1 Å². The molecule has 4 aromatic rings. The van der Waals surface area contributed by atoms with Crippen molar-refractivity contribution in [3.63, 3.8) is 0 Å². The van der Waals surface area contributed by atoms with Crippen LogP contribution >= 0.6 is 11.6 Å². The number of carbonyl (C=O) groups is 1. The minimum atomic E-state index is -3.97. The van der Waals surface area contributed by atoms with Crippen LogP contribution in [0.1, 0.15) is 6.42 Å². The number of aryl methyl sites for hydroxylation is 1. The molecule has 2 aromatic heterocycles. The molecule has 15 heteroatoms. The lowest BCUT2D eigenvalue weighted by molar-refractivity contribution is -0.114. The van der Waals surface area contributed by atoms with E-state index in [1.165, 1.54) is 13.3 Å². The summed E-state index contributed by atoms with van der Waals surface area (Å²) in [5.74, 6) is -0.601. The van der Waals surface area contributed by atoms with E-state index in [-0.39, 0.29) is 11.6 Å². The highest BCUT2D eigenvalue weighted by Crippen LogP contribution is 2.39. The molecular weight excluding hydrogens is 636 g/mol. The molecule has 46 heavy (non-hydrogen) atoms. The van der Waals surface area contributed by atoms with Gasteiger partial charge in [0.2, 0.25) is 5.95 Å². The Morgan fingerprint density at radius 3 is 2.65 bits per heavy atom. The summed E-state index contributed by atoms with van der Waals surface area (Å²) in [5.41, 5.74) is 2.97. The number of amides is 1. The predicted octanol–water partition coefficient (Wildman–Crippen LogP) is 4.57. The van der Waals surface area contributed by atoms with E-state index < -0.39 is 21.8 Å². The van der Waals surface area contributed by atoms with Crippen molar-refractivity contribution >= 4 is 55.9 Å². The number of anilines is 3. The van der Waals surface area contributed by atoms with Crippen LogP contribution in [0.3, 0.4) is 0 Å². The monoisotopic (exact) mass is 670 g/mol. The fraction of sp³-hybridized carbons (Fsp3) is 0.323. The van der Waals surface area contributed by atoms with Gasteiger partial charge in [-0.15, -0.1) is 0 Å². The van der Waals surface area contributed by atoms with E-state index in [1.54, 1.807) is 12.1 Å². The second-order valence-corrected chi connectivity index (χ2v) is 12.5. The molecular formula is C31H35ClN6O7S. The molecule has 1 aliphatic heterocycles. The number of benzene rings is 2. The summed E-state index contributed by atoms with van der Waals surface area (Å²) in [6.07, 6.45) is 4.99. The third-order valence-electron chi connectivity index (χ3n) is 7.18. The third kappa shape index (κ3) is 8.07. The molecule has 0 bridgehead atoms. The van der Waals surface area contributed by atoms with Crippen LogP contribution in [0.15, 0.2) is 61.1 Å². The van der Waals surface area contributed by atoms with Crippen molar-refractivity contribution < 1.29 is 31.6 Å². The van der Waals surface area contributed by atoms with E-state index in [4.69, 9.17) is 30.8 Å². The number of para-hydroxylation sites is 1. The van der Waals surface area contributed by atoms with Gasteiger partial charge >= 0.3 is 10.1 Å². The van der Waals surface area contributed by atoms with Crippen LogP contribution in [0.25, 0.3) is 22.2 Å². The van der Waals surface area contributed by atoms with Gasteiger partial charge in [-0.2, -0.15) is 8.42 Å². The van der Waals surface area contributed by atoms with Gasteiger partial charge in [0.25, 0.3) is 5.91 Å². The highest BCUT2D eigenvalue weighted by atomic mass is 35.5. The molecule has 0 atom stereocenters. The molecule has 0 radical (unpaired) electrons. The summed E-state index contributed by atoms with van der Waals surface area (Å²) in [6.45, 7) is 7.70. The van der Waals surface area contributed by atoms with Crippen molar-refractivity contribution in [3.05, 3.63) is 66.2 Å². The van der Waals surface area contributed by atoms with E-state index in [0.29, 0.717) is 47.7 Å². The smallest absolute Gasteiger partial charge is 0.306 e. The van der Waals surface area contributed by atoms with E-state index >= 15 is 0 Å². The molecule has 3 heterocycles. The van der Waals surface area contributed by atoms with Crippen LogP contribution < -0.4 is 20.1 Å². The van der Waals surface area contributed by atoms with Crippen LogP contribution in [0.5, 0.6) is 11.5 Å². The number of nitrogens with zero attached hydrogens (tertiary/aromatic N) is 4. The second kappa shape index (κ2) is 14.4. The van der Waals surface area contributed by atoms with Gasteiger partial charge in [-0.3, -0.25) is 9.69 Å². The van der Waals surface area contributed by atoms with Crippen LogP contribution in [0.2, 0.25) is 5.02 Å². The maximum absolute atomic E-state index is 12.9. The molecule has 0 unspecified atom stereocenters. The Morgan fingerprint density at radius 2 is 1.91 bits per heavy atom. The lowest BCUT2D eigenvalue weighted by atomic mass is 10.1. The summed E-state index contributed by atoms with van der Waals surface area (Å²) in [6, 6.07) is 11.1. The fourth-order valence-corrected chi connectivity index (χ4v) is 5.65. The highest BCUT2D eigenvalue weighted by molar-refractivity contribution is 7.86. The molecule has 1 saturated heterocycles. The van der Waals surface area contributed by atoms with Crippen LogP contribution in [0.4, 0.5) is 17.3 Å². The second-order valence-electron chi connectivity index (χ2n) is 10.6. The Hall–Kier alpha value is -4.37. The third-order valence-corrected chi connectivity index (χ3v) is 7.96. The van der Waals surface area contributed by atoms with Gasteiger partial charge in [-0.25, -0.2) is 9.97 Å². The van der Waals surface area contributed by atoms with Gasteiger partial charge in [0.15, 0.2) is 5.76 Å². The van der Waals surface area contributed by atoms with Crippen molar-refractivity contribution in [2.45, 2.75) is 6.42 Å². The Morgan fingerprint density at radius 1 is 1.15 bits per heavy atom. The first-order chi connectivity index (χ1) is 22.0. The molecule has 5 rings (SSSR count). The van der Waals surface area contributed by atoms with Crippen molar-refractivity contribution in [1.82, 2.24) is 19.4 Å². The largest absolute Gasteiger partial charge is 0.494 e. The number of morpholine rings is 1. The molecule has 2 N–H and O–H groups in total. The molecule has 1 aliphatic rings. The van der Waals surface area contributed by atoms with Gasteiger partial charge in [0.1, 0.15) is 11.5 Å². The molecule has 0 aliphatic carbocycles. The summed E-state index contributed by atoms with van der Waals surface area (Å²) >= 11 is 6.57. The van der Waals surface area contributed by atoms with E-state index in [0.717, 1.165) is 48.8 Å². The number of aromatic nitrogens is 3. The minimum Gasteiger partial charge on any atom is -0.494 e. The van der Waals surface area contributed by atoms with Crippen molar-refractivity contribution in [3.8, 4) is 22.8 Å². The number of rotatable bonds is 13. The van der Waals surface area contributed by atoms with Gasteiger partial charge in [0, 0.05) is 55.4 Å². The number of fused-ring (bicyclic) bond motifs is 1. The van der Waals surface area contributed by atoms with E-state index in [9.17, 15) is 13.2 Å². The zero-order valence-electron chi connectivity index (χ0n) is 25.7. The summed E-state index contributed by atoms with van der Waals surface area (Å²) in [7, 11) is -0.528. The maximum Gasteiger partial charge on any atom is 0.306 e. The lowest BCUT2D eigenvalue weighted by Gasteiger charge is -2.26. The quantitative estimate of drug-likeness (QED) is 0.0893. The molecule has 244 valence electrons. The number of halogens is 1. The fourth-order valence-electron chi connectivity index (χ4n) is 5.02. The number of carbonyl (C=O) groups excluding carboxylic acids is 1. The lowest BCUT2D eigenvalue weighted by Crippen LogP contribution is -2.37. The predicted molar refractivity (Wildman–Crippen MR) is 176 cm³/mol. The zero-order chi connectivity index (χ0) is 32.8. The van der Waals surface area contributed by atoms with E-state index in [2.05, 4.69) is 31.3 Å². The van der Waals surface area contributed by atoms with Crippen molar-refractivity contribution in [1.29, 1.82) is 0 Å². The van der Waals surface area contributed by atoms with Crippen LogP contribution in [0, 0.1) is 0 Å². The SMILES string of the molecule is C=C(OS(C)(=O)=O)C(=O)Nc1cc(Nc2ncc(Cl)c(-c3cn(C)c4ccccc34)n2)c(OC)cc1OCCCN1CCOCC1. The number of hydrogen-bond acceptors (Lipinski definition) is 11. The molecule has 13 nitrogen and oxygen atoms in total. The zero-order valence-corrected chi connectivity index (χ0v) is 27.3.